The summed E-state index contributed by atoms with van der Waals surface area (Å²) in [6.45, 7) is 4.64. The van der Waals surface area contributed by atoms with Crippen molar-refractivity contribution in [2.45, 2.75) is 6.92 Å². The van der Waals surface area contributed by atoms with Crippen molar-refractivity contribution < 1.29 is 21.6 Å². The number of nitrogens with one attached hydrogen (secondary N) is 2. The molecule has 0 saturated carbocycles. The highest BCUT2D eigenvalue weighted by Gasteiger charge is 2.16. The van der Waals surface area contributed by atoms with Gasteiger partial charge in [0.1, 0.15) is 0 Å². The first-order valence-corrected chi connectivity index (χ1v) is 7.73. The molecule has 0 rings (SSSR count). The van der Waals surface area contributed by atoms with E-state index >= 15 is 0 Å². The van der Waals surface area contributed by atoms with Crippen LogP contribution < -0.4 is 9.44 Å². The molecule has 0 radical (unpaired) electrons. The zero-order valence-corrected chi connectivity index (χ0v) is 10.6. The second-order valence-corrected chi connectivity index (χ2v) is 7.06. The average Bonchev–Trinajstić information content (AvgIpc) is 1.98. The highest BCUT2D eigenvalue weighted by molar-refractivity contribution is 8.04. The Morgan fingerprint density at radius 2 is 1.75 bits per heavy atom. The van der Waals surface area contributed by atoms with Gasteiger partial charge in [-0.1, -0.05) is 6.58 Å². The van der Waals surface area contributed by atoms with Crippen LogP contribution in [0.5, 0.6) is 0 Å². The molecule has 1 amide bonds. The summed E-state index contributed by atoms with van der Waals surface area (Å²) in [6, 6.07) is 0. The second kappa shape index (κ2) is 5.41. The normalized spacial score (nSPS) is 12.1. The van der Waals surface area contributed by atoms with Crippen LogP contribution in [-0.2, 0) is 24.8 Å². The predicted octanol–water partition coefficient (Wildman–Crippen LogP) is -1.44. The van der Waals surface area contributed by atoms with Gasteiger partial charge in [0, 0.05) is 12.1 Å². The van der Waals surface area contributed by atoms with Crippen molar-refractivity contribution in [3.63, 3.8) is 0 Å². The molecule has 0 spiro atoms. The Labute approximate surface area is 95.0 Å². The van der Waals surface area contributed by atoms with Crippen molar-refractivity contribution in [2.24, 2.45) is 0 Å². The molecule has 16 heavy (non-hydrogen) atoms. The predicted molar refractivity (Wildman–Crippen MR) is 59.6 cm³/mol. The standard InChI is InChI=1S/C7H14N2O5S2/c1-6(2)7(10)8-4-5-16(13,14)9-15(3,11)12/h9H,1,4-5H2,2-3H3,(H,8,10). The smallest absolute Gasteiger partial charge is 0.246 e. The van der Waals surface area contributed by atoms with Crippen molar-refractivity contribution in [2.75, 3.05) is 18.6 Å². The first-order valence-electron chi connectivity index (χ1n) is 4.18. The van der Waals surface area contributed by atoms with E-state index in [4.69, 9.17) is 0 Å². The van der Waals surface area contributed by atoms with Crippen LogP contribution >= 0.6 is 0 Å². The summed E-state index contributed by atoms with van der Waals surface area (Å²) in [5, 5.41) is 2.27. The summed E-state index contributed by atoms with van der Waals surface area (Å²) in [6.07, 6.45) is 0.733. The molecule has 0 saturated heterocycles. The third-order valence-electron chi connectivity index (χ3n) is 1.32. The average molecular weight is 270 g/mol. The van der Waals surface area contributed by atoms with Crippen LogP contribution in [0.1, 0.15) is 6.92 Å². The van der Waals surface area contributed by atoms with E-state index in [1.54, 1.807) is 0 Å². The van der Waals surface area contributed by atoms with Crippen LogP contribution in [0.25, 0.3) is 0 Å². The Balaban J connectivity index is 4.22. The van der Waals surface area contributed by atoms with E-state index < -0.39 is 31.7 Å². The Bertz CT molecular complexity index is 477. The van der Waals surface area contributed by atoms with Gasteiger partial charge in [-0.25, -0.2) is 16.8 Å². The largest absolute Gasteiger partial charge is 0.351 e. The lowest BCUT2D eigenvalue weighted by atomic mass is 10.3. The van der Waals surface area contributed by atoms with Gasteiger partial charge in [-0.2, -0.15) is 0 Å². The van der Waals surface area contributed by atoms with Gasteiger partial charge < -0.3 is 5.32 Å². The van der Waals surface area contributed by atoms with Crippen molar-refractivity contribution in [3.05, 3.63) is 12.2 Å². The van der Waals surface area contributed by atoms with Gasteiger partial charge in [-0.3, -0.25) is 4.79 Å². The molecular formula is C7H14N2O5S2. The lowest BCUT2D eigenvalue weighted by Gasteiger charge is -2.06. The maximum Gasteiger partial charge on any atom is 0.246 e. The van der Waals surface area contributed by atoms with Crippen LogP contribution in [0.2, 0.25) is 0 Å². The van der Waals surface area contributed by atoms with E-state index in [9.17, 15) is 21.6 Å². The molecule has 0 aliphatic heterocycles. The fourth-order valence-electron chi connectivity index (χ4n) is 0.722. The van der Waals surface area contributed by atoms with Gasteiger partial charge in [0.2, 0.25) is 26.0 Å². The summed E-state index contributed by atoms with van der Waals surface area (Å²) >= 11 is 0. The quantitative estimate of drug-likeness (QED) is 0.574. The number of carbonyl (C=O) groups excluding carboxylic acids is 1. The van der Waals surface area contributed by atoms with Crippen LogP contribution in [0.3, 0.4) is 0 Å². The molecule has 0 heterocycles. The van der Waals surface area contributed by atoms with E-state index in [-0.39, 0.29) is 12.1 Å². The first-order chi connectivity index (χ1) is 7.03. The zero-order valence-electron chi connectivity index (χ0n) is 8.98. The van der Waals surface area contributed by atoms with E-state index in [2.05, 4.69) is 11.9 Å². The van der Waals surface area contributed by atoms with Gasteiger partial charge in [0.15, 0.2) is 0 Å². The molecular weight excluding hydrogens is 256 g/mol. The Hall–Kier alpha value is -0.930. The fourth-order valence-corrected chi connectivity index (χ4v) is 3.27. The van der Waals surface area contributed by atoms with Gasteiger partial charge in [0.25, 0.3) is 0 Å². The number of rotatable bonds is 6. The number of sulfonamides is 2. The van der Waals surface area contributed by atoms with Crippen molar-refractivity contribution in [3.8, 4) is 0 Å². The first kappa shape index (κ1) is 15.1. The third-order valence-corrected chi connectivity index (χ3v) is 4.29. The van der Waals surface area contributed by atoms with Crippen LogP contribution in [-0.4, -0.2) is 41.3 Å². The molecule has 0 aliphatic carbocycles. The molecule has 0 aliphatic rings. The molecule has 9 heteroatoms. The molecule has 0 fully saturated rings. The summed E-state index contributed by atoms with van der Waals surface area (Å²) < 4.78 is 45.1. The van der Waals surface area contributed by atoms with Crippen LogP contribution in [0.15, 0.2) is 12.2 Å². The number of hydrogen-bond donors (Lipinski definition) is 2. The molecule has 0 atom stereocenters. The molecule has 2 N–H and O–H groups in total. The SMILES string of the molecule is C=C(C)C(=O)NCCS(=O)(=O)NS(C)(=O)=O. The Morgan fingerprint density at radius 3 is 2.12 bits per heavy atom. The van der Waals surface area contributed by atoms with E-state index in [0.717, 1.165) is 6.26 Å². The van der Waals surface area contributed by atoms with Crippen molar-refractivity contribution >= 4 is 26.0 Å². The van der Waals surface area contributed by atoms with E-state index in [1.165, 1.54) is 11.1 Å². The molecule has 0 bridgehead atoms. The second-order valence-electron chi connectivity index (χ2n) is 3.21. The van der Waals surface area contributed by atoms with Gasteiger partial charge >= 0.3 is 0 Å². The summed E-state index contributed by atoms with van der Waals surface area (Å²) in [4.78, 5) is 11.0. The topological polar surface area (TPSA) is 109 Å². The minimum absolute atomic E-state index is 0.184. The maximum absolute atomic E-state index is 11.1. The van der Waals surface area contributed by atoms with E-state index in [1.807, 2.05) is 0 Å². The molecule has 0 unspecified atom stereocenters. The minimum Gasteiger partial charge on any atom is -0.351 e. The highest BCUT2D eigenvalue weighted by atomic mass is 32.3. The Kier molecular flexibility index (Phi) is 5.10. The monoisotopic (exact) mass is 270 g/mol. The van der Waals surface area contributed by atoms with Gasteiger partial charge in [-0.05, 0) is 6.92 Å². The summed E-state index contributed by atoms with van der Waals surface area (Å²) in [5.41, 5.74) is 0.244. The highest BCUT2D eigenvalue weighted by Crippen LogP contribution is 1.89. The maximum atomic E-state index is 11.1. The zero-order chi connectivity index (χ0) is 13.0. The Morgan fingerprint density at radius 1 is 1.25 bits per heavy atom. The van der Waals surface area contributed by atoms with Crippen molar-refractivity contribution in [1.82, 2.24) is 9.44 Å². The number of carbonyl (C=O) groups is 1. The fraction of sp³-hybridized carbons (Fsp3) is 0.571. The number of amides is 1. The molecule has 0 aromatic rings. The van der Waals surface area contributed by atoms with E-state index in [0.29, 0.717) is 0 Å². The third kappa shape index (κ3) is 7.37. The summed E-state index contributed by atoms with van der Waals surface area (Å²) in [7, 11) is -7.76. The van der Waals surface area contributed by atoms with Gasteiger partial charge in [0.05, 0.1) is 12.0 Å². The van der Waals surface area contributed by atoms with Crippen molar-refractivity contribution in [1.29, 1.82) is 0 Å². The summed E-state index contributed by atoms with van der Waals surface area (Å²) in [5.74, 6) is -0.992. The lowest BCUT2D eigenvalue weighted by molar-refractivity contribution is -0.117. The van der Waals surface area contributed by atoms with Gasteiger partial charge in [-0.15, -0.1) is 4.13 Å². The molecule has 0 aromatic carbocycles. The molecule has 94 valence electrons. The molecule has 0 aromatic heterocycles. The van der Waals surface area contributed by atoms with Crippen LogP contribution in [0, 0.1) is 0 Å². The van der Waals surface area contributed by atoms with Crippen LogP contribution in [0.4, 0.5) is 0 Å². The lowest BCUT2D eigenvalue weighted by Crippen LogP contribution is -2.36. The number of hydrogen-bond acceptors (Lipinski definition) is 5. The minimum atomic E-state index is -3.94. The molecule has 7 nitrogen and oxygen atoms in total.